The average Bonchev–Trinajstić information content (AvgIpc) is 2.80. The zero-order valence-corrected chi connectivity index (χ0v) is 14.1. The zero-order chi connectivity index (χ0) is 14.5. The van der Waals surface area contributed by atoms with Gasteiger partial charge in [-0.1, -0.05) is 26.2 Å². The summed E-state index contributed by atoms with van der Waals surface area (Å²) in [6.45, 7) is 6.00. The molecule has 1 aliphatic rings. The molecule has 3 nitrogen and oxygen atoms in total. The minimum Gasteiger partial charge on any atom is -0.351 e. The third-order valence-corrected chi connectivity index (χ3v) is 4.75. The maximum atomic E-state index is 12.2. The molecule has 20 heavy (non-hydrogen) atoms. The fourth-order valence-corrected chi connectivity index (χ4v) is 3.69. The first-order valence-electron chi connectivity index (χ1n) is 7.74. The maximum absolute atomic E-state index is 12.2. The van der Waals surface area contributed by atoms with E-state index in [9.17, 15) is 4.79 Å². The molecule has 112 valence electrons. The molecule has 0 bridgehead atoms. The number of carbonyl (C=O) groups is 1. The molecule has 1 heterocycles. The van der Waals surface area contributed by atoms with Gasteiger partial charge in [-0.25, -0.2) is 0 Å². The van der Waals surface area contributed by atoms with Crippen molar-refractivity contribution in [3.8, 4) is 0 Å². The first-order chi connectivity index (χ1) is 9.60. The summed E-state index contributed by atoms with van der Waals surface area (Å²) in [6, 6.07) is 1.89. The van der Waals surface area contributed by atoms with Gasteiger partial charge in [-0.2, -0.15) is 0 Å². The molecule has 0 saturated heterocycles. The lowest BCUT2D eigenvalue weighted by atomic mass is 9.81. The van der Waals surface area contributed by atoms with Gasteiger partial charge in [-0.3, -0.25) is 4.79 Å². The summed E-state index contributed by atoms with van der Waals surface area (Å²) >= 11 is 3.43. The molecule has 1 aliphatic carbocycles. The van der Waals surface area contributed by atoms with Gasteiger partial charge in [0.2, 0.25) is 0 Å². The van der Waals surface area contributed by atoms with Crippen LogP contribution in [-0.4, -0.2) is 17.0 Å². The van der Waals surface area contributed by atoms with Crippen LogP contribution in [0.5, 0.6) is 0 Å². The smallest absolute Gasteiger partial charge is 0.267 e. The van der Waals surface area contributed by atoms with Crippen molar-refractivity contribution < 1.29 is 4.79 Å². The minimum absolute atomic E-state index is 0.0430. The predicted molar refractivity (Wildman–Crippen MR) is 85.9 cm³/mol. The van der Waals surface area contributed by atoms with E-state index in [1.54, 1.807) is 0 Å². The fourth-order valence-electron chi connectivity index (χ4n) is 3.23. The van der Waals surface area contributed by atoms with Crippen molar-refractivity contribution >= 4 is 21.8 Å². The van der Waals surface area contributed by atoms with Gasteiger partial charge in [-0.15, -0.1) is 0 Å². The van der Waals surface area contributed by atoms with Gasteiger partial charge < -0.3 is 9.88 Å². The van der Waals surface area contributed by atoms with E-state index in [1.165, 1.54) is 25.7 Å². The Balaban J connectivity index is 1.80. The van der Waals surface area contributed by atoms with Crippen LogP contribution in [0.2, 0.25) is 0 Å². The summed E-state index contributed by atoms with van der Waals surface area (Å²) in [7, 11) is 0. The normalized spacial score (nSPS) is 22.8. The molecule has 2 unspecified atom stereocenters. The van der Waals surface area contributed by atoms with Gasteiger partial charge in [-0.05, 0) is 53.6 Å². The molecule has 0 aromatic carbocycles. The lowest BCUT2D eigenvalue weighted by molar-refractivity contribution is 0.0940. The number of nitrogens with zero attached hydrogens (tertiary/aromatic N) is 1. The molecule has 1 fully saturated rings. The molecule has 1 aromatic heterocycles. The van der Waals surface area contributed by atoms with Crippen LogP contribution in [0.4, 0.5) is 0 Å². The summed E-state index contributed by atoms with van der Waals surface area (Å²) in [6.07, 6.45) is 8.46. The van der Waals surface area contributed by atoms with Crippen molar-refractivity contribution in [3.63, 3.8) is 0 Å². The molecule has 1 saturated carbocycles. The number of aryl methyl sites for hydroxylation is 1. The second-order valence-electron chi connectivity index (χ2n) is 6.01. The van der Waals surface area contributed by atoms with Crippen LogP contribution in [0.15, 0.2) is 16.7 Å². The summed E-state index contributed by atoms with van der Waals surface area (Å²) < 4.78 is 2.94. The number of hydrogen-bond donors (Lipinski definition) is 1. The van der Waals surface area contributed by atoms with Gasteiger partial charge in [0, 0.05) is 23.8 Å². The number of carbonyl (C=O) groups excluding carboxylic acids is 1. The molecular weight excluding hydrogens is 316 g/mol. The van der Waals surface area contributed by atoms with Crippen molar-refractivity contribution in [3.05, 3.63) is 22.4 Å². The van der Waals surface area contributed by atoms with E-state index in [0.29, 0.717) is 0 Å². The van der Waals surface area contributed by atoms with Crippen LogP contribution in [0.25, 0.3) is 0 Å². The van der Waals surface area contributed by atoms with Crippen molar-refractivity contribution in [2.24, 2.45) is 11.8 Å². The predicted octanol–water partition coefficient (Wildman–Crippen LogP) is 4.22. The van der Waals surface area contributed by atoms with E-state index in [-0.39, 0.29) is 5.91 Å². The monoisotopic (exact) mass is 340 g/mol. The molecule has 2 rings (SSSR count). The van der Waals surface area contributed by atoms with Crippen molar-refractivity contribution in [1.82, 2.24) is 9.88 Å². The van der Waals surface area contributed by atoms with Crippen LogP contribution in [-0.2, 0) is 6.54 Å². The Bertz CT molecular complexity index is 455. The van der Waals surface area contributed by atoms with Crippen molar-refractivity contribution in [2.45, 2.75) is 52.5 Å². The molecule has 0 radical (unpaired) electrons. The summed E-state index contributed by atoms with van der Waals surface area (Å²) in [5.41, 5.74) is 0.747. The van der Waals surface area contributed by atoms with Crippen LogP contribution in [0.3, 0.4) is 0 Å². The lowest BCUT2D eigenvalue weighted by Gasteiger charge is -2.26. The molecule has 1 aromatic rings. The maximum Gasteiger partial charge on any atom is 0.267 e. The topological polar surface area (TPSA) is 34.0 Å². The first-order valence-corrected chi connectivity index (χ1v) is 8.53. The van der Waals surface area contributed by atoms with Crippen molar-refractivity contribution in [1.29, 1.82) is 0 Å². The van der Waals surface area contributed by atoms with E-state index >= 15 is 0 Å². The molecular formula is C16H25BrN2O. The van der Waals surface area contributed by atoms with Gasteiger partial charge in [0.25, 0.3) is 5.91 Å². The van der Waals surface area contributed by atoms with Crippen molar-refractivity contribution in [2.75, 3.05) is 6.54 Å². The quantitative estimate of drug-likeness (QED) is 0.855. The van der Waals surface area contributed by atoms with Gasteiger partial charge in [0.1, 0.15) is 5.69 Å². The van der Waals surface area contributed by atoms with Crippen LogP contribution in [0, 0.1) is 11.8 Å². The Labute approximate surface area is 130 Å². The molecule has 2 atom stereocenters. The molecule has 0 aliphatic heterocycles. The molecule has 4 heteroatoms. The highest BCUT2D eigenvalue weighted by Crippen LogP contribution is 2.30. The van der Waals surface area contributed by atoms with Gasteiger partial charge >= 0.3 is 0 Å². The van der Waals surface area contributed by atoms with E-state index in [0.717, 1.165) is 41.5 Å². The third kappa shape index (κ3) is 4.11. The number of nitrogens with one attached hydrogen (secondary N) is 1. The molecule has 1 amide bonds. The highest BCUT2D eigenvalue weighted by atomic mass is 79.9. The largest absolute Gasteiger partial charge is 0.351 e. The van der Waals surface area contributed by atoms with E-state index < -0.39 is 0 Å². The SMILES string of the molecule is CCn1cc(Br)cc1C(=O)NCCC1CCCC(C)C1. The summed E-state index contributed by atoms with van der Waals surface area (Å²) in [4.78, 5) is 12.2. The second-order valence-corrected chi connectivity index (χ2v) is 6.93. The Morgan fingerprint density at radius 3 is 3.00 bits per heavy atom. The second kappa shape index (κ2) is 7.30. The zero-order valence-electron chi connectivity index (χ0n) is 12.5. The molecule has 1 N–H and O–H groups in total. The minimum atomic E-state index is 0.0430. The third-order valence-electron chi connectivity index (χ3n) is 4.32. The standard InChI is InChI=1S/C16H25BrN2O/c1-3-19-11-14(17)10-15(19)16(20)18-8-7-13-6-4-5-12(2)9-13/h10-13H,3-9H2,1-2H3,(H,18,20). The van der Waals surface area contributed by atoms with Gasteiger partial charge in [0.05, 0.1) is 0 Å². The Hall–Kier alpha value is -0.770. The number of aromatic nitrogens is 1. The number of rotatable bonds is 5. The van der Waals surface area contributed by atoms with Crippen LogP contribution >= 0.6 is 15.9 Å². The fraction of sp³-hybridized carbons (Fsp3) is 0.688. The van der Waals surface area contributed by atoms with E-state index in [1.807, 2.05) is 23.8 Å². The highest BCUT2D eigenvalue weighted by Gasteiger charge is 2.19. The van der Waals surface area contributed by atoms with E-state index in [4.69, 9.17) is 0 Å². The van der Waals surface area contributed by atoms with Crippen LogP contribution in [0.1, 0.15) is 56.4 Å². The first kappa shape index (κ1) is 15.6. The van der Waals surface area contributed by atoms with E-state index in [2.05, 4.69) is 28.2 Å². The van der Waals surface area contributed by atoms with Crippen LogP contribution < -0.4 is 5.32 Å². The lowest BCUT2D eigenvalue weighted by Crippen LogP contribution is -2.28. The number of amides is 1. The highest BCUT2D eigenvalue weighted by molar-refractivity contribution is 9.10. The Morgan fingerprint density at radius 2 is 2.30 bits per heavy atom. The Kier molecular flexibility index (Phi) is 5.70. The number of halogens is 1. The number of hydrogen-bond acceptors (Lipinski definition) is 1. The Morgan fingerprint density at radius 1 is 1.50 bits per heavy atom. The summed E-state index contributed by atoms with van der Waals surface area (Å²) in [5, 5.41) is 3.07. The average molecular weight is 341 g/mol. The summed E-state index contributed by atoms with van der Waals surface area (Å²) in [5.74, 6) is 1.70. The molecule has 0 spiro atoms. The van der Waals surface area contributed by atoms with Gasteiger partial charge in [0.15, 0.2) is 0 Å².